The van der Waals surface area contributed by atoms with Crippen LogP contribution in [0.25, 0.3) is 11.3 Å². The summed E-state index contributed by atoms with van der Waals surface area (Å²) < 4.78 is 19.5. The average Bonchev–Trinajstić information content (AvgIpc) is 3.66. The SMILES string of the molecule is O=C(NCC1CCCO1)C(c1ccc(F)cc1)N(Cc1ccccc1)C(=O)c1ccc(-c2ccccc2)[nH]1. The topological polar surface area (TPSA) is 74.4 Å². The fourth-order valence-electron chi connectivity index (χ4n) is 4.76. The highest BCUT2D eigenvalue weighted by molar-refractivity contribution is 5.97. The number of aromatic nitrogens is 1. The van der Waals surface area contributed by atoms with Crippen molar-refractivity contribution in [2.45, 2.75) is 31.5 Å². The molecule has 5 rings (SSSR count). The smallest absolute Gasteiger partial charge is 0.271 e. The van der Waals surface area contributed by atoms with E-state index in [9.17, 15) is 14.0 Å². The summed E-state index contributed by atoms with van der Waals surface area (Å²) in [6.07, 6.45) is 1.78. The predicted octanol–water partition coefficient (Wildman–Crippen LogP) is 5.50. The number of H-pyrrole nitrogens is 1. The van der Waals surface area contributed by atoms with Crippen molar-refractivity contribution < 1.29 is 18.7 Å². The van der Waals surface area contributed by atoms with E-state index in [1.165, 1.54) is 17.0 Å². The number of ether oxygens (including phenoxy) is 1. The summed E-state index contributed by atoms with van der Waals surface area (Å²) in [5, 5.41) is 2.98. The minimum atomic E-state index is -0.979. The maximum Gasteiger partial charge on any atom is 0.271 e. The van der Waals surface area contributed by atoms with E-state index in [2.05, 4.69) is 10.3 Å². The molecule has 1 fully saturated rings. The third-order valence-electron chi connectivity index (χ3n) is 6.73. The van der Waals surface area contributed by atoms with Gasteiger partial charge in [0.15, 0.2) is 0 Å². The first-order chi connectivity index (χ1) is 18.6. The Bertz CT molecular complexity index is 1350. The van der Waals surface area contributed by atoms with E-state index < -0.39 is 11.9 Å². The molecular formula is C31H30FN3O3. The van der Waals surface area contributed by atoms with Gasteiger partial charge < -0.3 is 19.9 Å². The fourth-order valence-corrected chi connectivity index (χ4v) is 4.76. The fraction of sp³-hybridized carbons (Fsp3) is 0.226. The summed E-state index contributed by atoms with van der Waals surface area (Å²) in [5.41, 5.74) is 3.50. The molecular weight excluding hydrogens is 481 g/mol. The number of rotatable bonds is 9. The van der Waals surface area contributed by atoms with E-state index in [-0.39, 0.29) is 24.5 Å². The normalized spacial score (nSPS) is 15.7. The number of carbonyl (C=O) groups is 2. The summed E-state index contributed by atoms with van der Waals surface area (Å²) in [6, 6.07) is 27.6. The van der Waals surface area contributed by atoms with Crippen LogP contribution in [-0.2, 0) is 16.1 Å². The largest absolute Gasteiger partial charge is 0.376 e. The highest BCUT2D eigenvalue weighted by atomic mass is 19.1. The Balaban J connectivity index is 1.50. The van der Waals surface area contributed by atoms with E-state index >= 15 is 0 Å². The van der Waals surface area contributed by atoms with E-state index in [1.807, 2.05) is 66.7 Å². The van der Waals surface area contributed by atoms with Crippen LogP contribution in [0.3, 0.4) is 0 Å². The van der Waals surface area contributed by atoms with Crippen LogP contribution in [0.2, 0.25) is 0 Å². The van der Waals surface area contributed by atoms with Gasteiger partial charge in [-0.2, -0.15) is 0 Å². The van der Waals surface area contributed by atoms with Crippen LogP contribution in [0.1, 0.15) is 40.5 Å². The molecule has 2 atom stereocenters. The quantitative estimate of drug-likeness (QED) is 0.312. The summed E-state index contributed by atoms with van der Waals surface area (Å²) in [4.78, 5) is 32.5. The lowest BCUT2D eigenvalue weighted by atomic mass is 10.0. The van der Waals surface area contributed by atoms with Crippen molar-refractivity contribution >= 4 is 11.8 Å². The third-order valence-corrected chi connectivity index (χ3v) is 6.73. The summed E-state index contributed by atoms with van der Waals surface area (Å²) in [7, 11) is 0. The van der Waals surface area contributed by atoms with Gasteiger partial charge in [-0.05, 0) is 53.8 Å². The highest BCUT2D eigenvalue weighted by Crippen LogP contribution is 2.27. The zero-order valence-corrected chi connectivity index (χ0v) is 21.0. The van der Waals surface area contributed by atoms with Gasteiger partial charge >= 0.3 is 0 Å². The lowest BCUT2D eigenvalue weighted by Gasteiger charge is -2.31. The number of benzene rings is 3. The molecule has 194 valence electrons. The minimum absolute atomic E-state index is 0.0528. The molecule has 0 radical (unpaired) electrons. The molecule has 0 saturated carbocycles. The van der Waals surface area contributed by atoms with Crippen molar-refractivity contribution in [3.05, 3.63) is 120 Å². The molecule has 2 amide bonds. The van der Waals surface area contributed by atoms with Gasteiger partial charge in [0.1, 0.15) is 17.6 Å². The third kappa shape index (κ3) is 6.01. The number of hydrogen-bond acceptors (Lipinski definition) is 3. The van der Waals surface area contributed by atoms with Gasteiger partial charge in [0.2, 0.25) is 5.91 Å². The molecule has 38 heavy (non-hydrogen) atoms. The van der Waals surface area contributed by atoms with Gasteiger partial charge in [-0.15, -0.1) is 0 Å². The average molecular weight is 512 g/mol. The number of hydrogen-bond donors (Lipinski definition) is 2. The predicted molar refractivity (Wildman–Crippen MR) is 144 cm³/mol. The summed E-state index contributed by atoms with van der Waals surface area (Å²) >= 11 is 0. The van der Waals surface area contributed by atoms with Gasteiger partial charge in [0, 0.05) is 25.4 Å². The second-order valence-corrected chi connectivity index (χ2v) is 9.40. The van der Waals surface area contributed by atoms with Gasteiger partial charge in [-0.3, -0.25) is 9.59 Å². The summed E-state index contributed by atoms with van der Waals surface area (Å²) in [6.45, 7) is 1.22. The second-order valence-electron chi connectivity index (χ2n) is 9.40. The van der Waals surface area contributed by atoms with Crippen molar-refractivity contribution in [1.82, 2.24) is 15.2 Å². The molecule has 6 nitrogen and oxygen atoms in total. The van der Waals surface area contributed by atoms with Gasteiger partial charge in [-0.1, -0.05) is 72.8 Å². The van der Waals surface area contributed by atoms with Crippen molar-refractivity contribution in [3.63, 3.8) is 0 Å². The standard InChI is InChI=1S/C31H30FN3O3/c32-25-15-13-24(14-16-25)29(30(36)33-20-26-12-7-19-38-26)35(21-22-8-3-1-4-9-22)31(37)28-18-17-27(34-28)23-10-5-2-6-11-23/h1-6,8-11,13-18,26,29,34H,7,12,19-21H2,(H,33,36). The Labute approximate surface area is 221 Å². The van der Waals surface area contributed by atoms with Crippen LogP contribution in [-0.4, -0.2) is 41.0 Å². The molecule has 0 bridgehead atoms. The van der Waals surface area contributed by atoms with Crippen molar-refractivity contribution in [3.8, 4) is 11.3 Å². The first kappa shape index (κ1) is 25.4. The molecule has 0 spiro atoms. The molecule has 0 aliphatic carbocycles. The molecule has 1 saturated heterocycles. The maximum absolute atomic E-state index is 14.1. The van der Waals surface area contributed by atoms with Gasteiger partial charge in [-0.25, -0.2) is 4.39 Å². The Hall–Kier alpha value is -4.23. The van der Waals surface area contributed by atoms with Crippen molar-refractivity contribution in [1.29, 1.82) is 0 Å². The molecule has 1 aromatic heterocycles. The lowest BCUT2D eigenvalue weighted by Crippen LogP contribution is -2.45. The molecule has 7 heteroatoms. The number of aromatic amines is 1. The molecule has 3 aromatic carbocycles. The van der Waals surface area contributed by atoms with E-state index in [0.717, 1.165) is 29.7 Å². The van der Waals surface area contributed by atoms with E-state index in [0.29, 0.717) is 24.4 Å². The highest BCUT2D eigenvalue weighted by Gasteiger charge is 2.33. The van der Waals surface area contributed by atoms with Gasteiger partial charge in [0.25, 0.3) is 5.91 Å². The second kappa shape index (κ2) is 11.9. The van der Waals surface area contributed by atoms with Crippen LogP contribution in [0.15, 0.2) is 97.1 Å². The van der Waals surface area contributed by atoms with Crippen LogP contribution in [0.4, 0.5) is 4.39 Å². The first-order valence-electron chi connectivity index (χ1n) is 12.8. The van der Waals surface area contributed by atoms with Crippen LogP contribution < -0.4 is 5.32 Å². The maximum atomic E-state index is 14.1. The number of amides is 2. The number of halogens is 1. The number of carbonyl (C=O) groups excluding carboxylic acids is 2. The number of nitrogens with zero attached hydrogens (tertiary/aromatic N) is 1. The molecule has 4 aromatic rings. The monoisotopic (exact) mass is 511 g/mol. The Morgan fingerprint density at radius 2 is 1.66 bits per heavy atom. The Morgan fingerprint density at radius 3 is 2.34 bits per heavy atom. The first-order valence-corrected chi connectivity index (χ1v) is 12.8. The molecule has 2 heterocycles. The zero-order valence-electron chi connectivity index (χ0n) is 21.0. The zero-order chi connectivity index (χ0) is 26.3. The minimum Gasteiger partial charge on any atom is -0.376 e. The lowest BCUT2D eigenvalue weighted by molar-refractivity contribution is -0.126. The van der Waals surface area contributed by atoms with Crippen molar-refractivity contribution in [2.75, 3.05) is 13.2 Å². The Morgan fingerprint density at radius 1 is 0.947 bits per heavy atom. The Kier molecular flexibility index (Phi) is 7.95. The molecule has 1 aliphatic rings. The molecule has 2 N–H and O–H groups in total. The van der Waals surface area contributed by atoms with Crippen LogP contribution >= 0.6 is 0 Å². The molecule has 1 aliphatic heterocycles. The number of nitrogens with one attached hydrogen (secondary N) is 2. The van der Waals surface area contributed by atoms with E-state index in [1.54, 1.807) is 18.2 Å². The molecule has 2 unspecified atom stereocenters. The van der Waals surface area contributed by atoms with E-state index in [4.69, 9.17) is 4.74 Å². The van der Waals surface area contributed by atoms with Gasteiger partial charge in [0.05, 0.1) is 6.10 Å². The summed E-state index contributed by atoms with van der Waals surface area (Å²) in [5.74, 6) is -1.09. The van der Waals surface area contributed by atoms with Crippen LogP contribution in [0.5, 0.6) is 0 Å². The van der Waals surface area contributed by atoms with Crippen LogP contribution in [0, 0.1) is 5.82 Å². The van der Waals surface area contributed by atoms with Crippen molar-refractivity contribution in [2.24, 2.45) is 0 Å².